The minimum absolute atomic E-state index is 0.335. The van der Waals surface area contributed by atoms with E-state index >= 15 is 0 Å². The monoisotopic (exact) mass is 200 g/mol. The number of hydrogen-bond donors (Lipinski definition) is 0. The highest BCUT2D eigenvalue weighted by atomic mass is 16.5. The Hall–Kier alpha value is -0.990. The van der Waals surface area contributed by atoms with E-state index in [4.69, 9.17) is 4.74 Å². The summed E-state index contributed by atoms with van der Waals surface area (Å²) in [5, 5.41) is 0. The van der Waals surface area contributed by atoms with Gasteiger partial charge in [0.1, 0.15) is 0 Å². The molecule has 0 aromatic rings. The molecular weight excluding hydrogens is 180 g/mol. The number of rotatable bonds is 7. The molecule has 0 bridgehead atoms. The van der Waals surface area contributed by atoms with Crippen LogP contribution >= 0.6 is 0 Å². The fourth-order valence-corrected chi connectivity index (χ4v) is 1.01. The second-order valence-electron chi connectivity index (χ2n) is 3.22. The summed E-state index contributed by atoms with van der Waals surface area (Å²) in [6, 6.07) is 0. The van der Waals surface area contributed by atoms with Crippen molar-refractivity contribution >= 4 is 5.97 Å². The molecule has 0 amide bonds. The Bertz CT molecular complexity index is 185. The summed E-state index contributed by atoms with van der Waals surface area (Å²) in [6.45, 7) is 4.52. The third kappa shape index (κ3) is 6.52. The van der Waals surface area contributed by atoms with Crippen molar-refractivity contribution in [3.8, 4) is 0 Å². The van der Waals surface area contributed by atoms with Gasteiger partial charge in [0.15, 0.2) is 0 Å². The smallest absolute Gasteiger partial charge is 0.336 e. The maximum absolute atomic E-state index is 10.9. The van der Waals surface area contributed by atoms with Crippen molar-refractivity contribution in [2.24, 2.45) is 0 Å². The van der Waals surface area contributed by atoms with E-state index in [0.717, 1.165) is 6.42 Å². The third-order valence-corrected chi connectivity index (χ3v) is 1.88. The van der Waals surface area contributed by atoms with Crippen molar-refractivity contribution in [1.29, 1.82) is 0 Å². The van der Waals surface area contributed by atoms with E-state index in [9.17, 15) is 4.79 Å². The Morgan fingerprint density at radius 2 is 2.00 bits per heavy atom. The molecule has 0 aromatic heterocycles. The average molecular weight is 200 g/mol. The van der Waals surface area contributed by atoms with Crippen molar-refractivity contribution in [2.45, 2.75) is 39.5 Å². The van der Waals surface area contributed by atoms with Crippen LogP contribution in [0.2, 0.25) is 0 Å². The first-order valence-corrected chi connectivity index (χ1v) is 5.09. The molecule has 0 aliphatic heterocycles. The maximum atomic E-state index is 10.9. The Labute approximate surface area is 86.1 Å². The van der Waals surface area contributed by atoms with Gasteiger partial charge in [0.25, 0.3) is 0 Å². The van der Waals surface area contributed by atoms with E-state index in [2.05, 4.69) is 11.7 Å². The average Bonchev–Trinajstić information content (AvgIpc) is 2.21. The van der Waals surface area contributed by atoms with Gasteiger partial charge in [-0.2, -0.15) is 0 Å². The van der Waals surface area contributed by atoms with E-state index < -0.39 is 0 Å². The Morgan fingerprint density at radius 3 is 2.57 bits per heavy atom. The molecule has 3 nitrogen and oxygen atoms in total. The van der Waals surface area contributed by atoms with Crippen molar-refractivity contribution in [3.05, 3.63) is 11.8 Å². The molecule has 0 unspecified atom stereocenters. The van der Waals surface area contributed by atoms with Gasteiger partial charge in [0, 0.05) is 0 Å². The van der Waals surface area contributed by atoms with Crippen LogP contribution in [0.5, 0.6) is 0 Å². The molecule has 0 spiro atoms. The number of esters is 1. The minimum atomic E-state index is -0.335. The van der Waals surface area contributed by atoms with Crippen LogP contribution in [0, 0.1) is 0 Å². The van der Waals surface area contributed by atoms with Crippen LogP contribution in [0.4, 0.5) is 0 Å². The van der Waals surface area contributed by atoms with Crippen LogP contribution < -0.4 is 0 Å². The van der Waals surface area contributed by atoms with Crippen LogP contribution in [0.25, 0.3) is 0 Å². The Morgan fingerprint density at radius 1 is 1.29 bits per heavy atom. The van der Waals surface area contributed by atoms with Gasteiger partial charge < -0.3 is 9.47 Å². The zero-order valence-corrected chi connectivity index (χ0v) is 9.34. The second kappa shape index (κ2) is 8.60. The summed E-state index contributed by atoms with van der Waals surface area (Å²) < 4.78 is 9.72. The number of carbonyl (C=O) groups is 1. The lowest BCUT2D eigenvalue weighted by atomic mass is 10.2. The molecule has 0 saturated carbocycles. The van der Waals surface area contributed by atoms with Crippen LogP contribution in [0.3, 0.4) is 0 Å². The molecule has 0 fully saturated rings. The molecule has 0 aliphatic carbocycles. The van der Waals surface area contributed by atoms with Gasteiger partial charge in [0.05, 0.1) is 25.6 Å². The highest BCUT2D eigenvalue weighted by molar-refractivity contribution is 5.87. The van der Waals surface area contributed by atoms with Crippen LogP contribution in [0.1, 0.15) is 39.5 Å². The lowest BCUT2D eigenvalue weighted by Gasteiger charge is -2.02. The third-order valence-electron chi connectivity index (χ3n) is 1.88. The zero-order valence-electron chi connectivity index (χ0n) is 9.34. The molecule has 0 aliphatic rings. The standard InChI is InChI=1S/C11H20O3/c1-4-5-6-7-8-14-9-10(2)11(12)13-3/h9H,4-8H2,1-3H3/b10-9+. The summed E-state index contributed by atoms with van der Waals surface area (Å²) >= 11 is 0. The molecule has 0 radical (unpaired) electrons. The van der Waals surface area contributed by atoms with E-state index in [1.54, 1.807) is 6.92 Å². The van der Waals surface area contributed by atoms with E-state index in [-0.39, 0.29) is 5.97 Å². The van der Waals surface area contributed by atoms with Gasteiger partial charge in [0.2, 0.25) is 0 Å². The van der Waals surface area contributed by atoms with Crippen molar-refractivity contribution in [2.75, 3.05) is 13.7 Å². The normalized spacial score (nSPS) is 11.2. The fraction of sp³-hybridized carbons (Fsp3) is 0.727. The molecule has 0 aromatic carbocycles. The van der Waals surface area contributed by atoms with Crippen molar-refractivity contribution in [1.82, 2.24) is 0 Å². The van der Waals surface area contributed by atoms with Crippen molar-refractivity contribution in [3.63, 3.8) is 0 Å². The number of unbranched alkanes of at least 4 members (excludes halogenated alkanes) is 3. The first-order valence-electron chi connectivity index (χ1n) is 5.09. The fourth-order valence-electron chi connectivity index (χ4n) is 1.01. The number of ether oxygens (including phenoxy) is 2. The van der Waals surface area contributed by atoms with Crippen LogP contribution in [0.15, 0.2) is 11.8 Å². The molecule has 14 heavy (non-hydrogen) atoms. The van der Waals surface area contributed by atoms with Gasteiger partial charge in [-0.3, -0.25) is 0 Å². The highest BCUT2D eigenvalue weighted by Crippen LogP contribution is 2.01. The molecule has 0 N–H and O–H groups in total. The number of hydrogen-bond acceptors (Lipinski definition) is 3. The highest BCUT2D eigenvalue weighted by Gasteiger charge is 2.01. The summed E-state index contributed by atoms with van der Waals surface area (Å²) in [5.41, 5.74) is 0.503. The molecule has 0 heterocycles. The molecule has 0 saturated heterocycles. The summed E-state index contributed by atoms with van der Waals surface area (Å²) in [7, 11) is 1.36. The number of carbonyl (C=O) groups excluding carboxylic acids is 1. The van der Waals surface area contributed by atoms with Crippen molar-refractivity contribution < 1.29 is 14.3 Å². The van der Waals surface area contributed by atoms with Gasteiger partial charge in [-0.05, 0) is 13.3 Å². The molecule has 3 heteroatoms. The lowest BCUT2D eigenvalue weighted by molar-refractivity contribution is -0.136. The predicted molar refractivity (Wildman–Crippen MR) is 55.9 cm³/mol. The SMILES string of the molecule is CCCCCCO/C=C(\C)C(=O)OC. The van der Waals surface area contributed by atoms with Gasteiger partial charge >= 0.3 is 5.97 Å². The van der Waals surface area contributed by atoms with E-state index in [1.165, 1.54) is 32.6 Å². The van der Waals surface area contributed by atoms with Crippen LogP contribution in [-0.4, -0.2) is 19.7 Å². The molecule has 0 rings (SSSR count). The molecule has 0 atom stereocenters. The first-order chi connectivity index (χ1) is 6.72. The maximum Gasteiger partial charge on any atom is 0.336 e. The van der Waals surface area contributed by atoms with Gasteiger partial charge in [-0.1, -0.05) is 26.2 Å². The zero-order chi connectivity index (χ0) is 10.8. The summed E-state index contributed by atoms with van der Waals surface area (Å²) in [6.07, 6.45) is 6.15. The lowest BCUT2D eigenvalue weighted by Crippen LogP contribution is -2.02. The van der Waals surface area contributed by atoms with Gasteiger partial charge in [-0.15, -0.1) is 0 Å². The quantitative estimate of drug-likeness (QED) is 0.274. The largest absolute Gasteiger partial charge is 0.501 e. The Balaban J connectivity index is 3.46. The minimum Gasteiger partial charge on any atom is -0.501 e. The predicted octanol–water partition coefficient (Wildman–Crippen LogP) is 2.66. The molecular formula is C11H20O3. The summed E-state index contributed by atoms with van der Waals surface area (Å²) in [4.78, 5) is 10.9. The second-order valence-corrected chi connectivity index (χ2v) is 3.22. The first kappa shape index (κ1) is 13.0. The molecule has 82 valence electrons. The topological polar surface area (TPSA) is 35.5 Å². The van der Waals surface area contributed by atoms with E-state index in [0.29, 0.717) is 12.2 Å². The van der Waals surface area contributed by atoms with Gasteiger partial charge in [-0.25, -0.2) is 4.79 Å². The van der Waals surface area contributed by atoms with Crippen LogP contribution in [-0.2, 0) is 14.3 Å². The van der Waals surface area contributed by atoms with E-state index in [1.807, 2.05) is 0 Å². The number of methoxy groups -OCH3 is 1. The summed E-state index contributed by atoms with van der Waals surface area (Å²) in [5.74, 6) is -0.335. The Kier molecular flexibility index (Phi) is 7.99.